The summed E-state index contributed by atoms with van der Waals surface area (Å²) in [5, 5.41) is 1.92. The minimum Gasteiger partial charge on any atom is -0.466 e. The van der Waals surface area contributed by atoms with Crippen LogP contribution in [-0.2, 0) is 9.53 Å². The highest BCUT2D eigenvalue weighted by molar-refractivity contribution is 7.10. The molecule has 1 atom stereocenters. The van der Waals surface area contributed by atoms with Gasteiger partial charge in [-0.25, -0.2) is 9.79 Å². The fourth-order valence-electron chi connectivity index (χ4n) is 3.56. The van der Waals surface area contributed by atoms with Gasteiger partial charge in [0.15, 0.2) is 16.3 Å². The van der Waals surface area contributed by atoms with Crippen molar-refractivity contribution in [3.05, 3.63) is 77.1 Å². The molecule has 30 heavy (non-hydrogen) atoms. The largest absolute Gasteiger partial charge is 0.466 e. The summed E-state index contributed by atoms with van der Waals surface area (Å²) in [6.07, 6.45) is 1.80. The molecule has 0 aliphatic carbocycles. The van der Waals surface area contributed by atoms with Gasteiger partial charge in [-0.2, -0.15) is 0 Å². The minimum atomic E-state index is -0.562. The van der Waals surface area contributed by atoms with Crippen LogP contribution in [-0.4, -0.2) is 24.4 Å². The lowest BCUT2D eigenvalue weighted by molar-refractivity contribution is -0.136. The number of fused-ring (bicyclic) bond motifs is 2. The number of aromatic nitrogens is 1. The first-order valence-electron chi connectivity index (χ1n) is 9.10. The van der Waals surface area contributed by atoms with Crippen LogP contribution in [0, 0.1) is 0 Å². The van der Waals surface area contributed by atoms with Gasteiger partial charge >= 0.3 is 5.97 Å². The van der Waals surface area contributed by atoms with Gasteiger partial charge in [0.1, 0.15) is 6.04 Å². The maximum Gasteiger partial charge on any atom is 0.338 e. The highest BCUT2D eigenvalue weighted by Crippen LogP contribution is 2.34. The summed E-state index contributed by atoms with van der Waals surface area (Å²) in [4.78, 5) is 31.9. The number of benzene rings is 1. The molecule has 2 aliphatic rings. The van der Waals surface area contributed by atoms with Crippen LogP contribution in [0.1, 0.15) is 23.4 Å². The first-order valence-corrected chi connectivity index (χ1v) is 10.8. The summed E-state index contributed by atoms with van der Waals surface area (Å²) in [6, 6.07) is 8.76. The Labute approximate surface area is 178 Å². The van der Waals surface area contributed by atoms with Crippen LogP contribution in [0.4, 0.5) is 0 Å². The number of ether oxygens (including phenoxy) is 3. The molecule has 2 aromatic heterocycles. The number of rotatable bonds is 3. The molecule has 0 unspecified atom stereocenters. The predicted molar refractivity (Wildman–Crippen MR) is 113 cm³/mol. The van der Waals surface area contributed by atoms with Crippen molar-refractivity contribution < 1.29 is 19.0 Å². The number of carbonyl (C=O) groups excluding carboxylic acids is 1. The maximum atomic E-state index is 13.4. The van der Waals surface area contributed by atoms with E-state index < -0.39 is 12.0 Å². The molecule has 3 aromatic rings. The van der Waals surface area contributed by atoms with E-state index >= 15 is 0 Å². The Morgan fingerprint density at radius 1 is 1.30 bits per heavy atom. The van der Waals surface area contributed by atoms with E-state index in [9.17, 15) is 9.59 Å². The topological polar surface area (TPSA) is 79.1 Å². The molecule has 0 radical (unpaired) electrons. The highest BCUT2D eigenvalue weighted by atomic mass is 32.1. The molecule has 152 valence electrons. The van der Waals surface area contributed by atoms with Gasteiger partial charge in [0.25, 0.3) is 5.56 Å². The summed E-state index contributed by atoms with van der Waals surface area (Å²) in [7, 11) is 1.33. The number of methoxy groups -OCH3 is 1. The molecular formula is C21H16N2O5S2. The summed E-state index contributed by atoms with van der Waals surface area (Å²) in [5.74, 6) is 0.848. The predicted octanol–water partition coefficient (Wildman–Crippen LogP) is 2.20. The number of thiophene rings is 1. The second-order valence-corrected chi connectivity index (χ2v) is 8.69. The van der Waals surface area contributed by atoms with Crippen molar-refractivity contribution in [2.24, 2.45) is 4.99 Å². The van der Waals surface area contributed by atoms with Gasteiger partial charge in [0.05, 0.1) is 22.9 Å². The van der Waals surface area contributed by atoms with Crippen LogP contribution in [0.2, 0.25) is 0 Å². The van der Waals surface area contributed by atoms with Gasteiger partial charge in [-0.3, -0.25) is 9.36 Å². The SMILES string of the molecule is COC(=O)C1=C(C)N=c2sc(=Cc3ccc4c(c3)OCO4)c(=O)n2[C@H]1c1cccs1. The lowest BCUT2D eigenvalue weighted by Crippen LogP contribution is -2.39. The molecule has 0 amide bonds. The summed E-state index contributed by atoms with van der Waals surface area (Å²) in [6.45, 7) is 1.96. The van der Waals surface area contributed by atoms with Crippen molar-refractivity contribution in [1.29, 1.82) is 0 Å². The van der Waals surface area contributed by atoms with Crippen LogP contribution in [0.15, 0.2) is 56.8 Å². The zero-order valence-electron chi connectivity index (χ0n) is 16.1. The average Bonchev–Trinajstić information content (AvgIpc) is 3.48. The molecule has 0 saturated heterocycles. The minimum absolute atomic E-state index is 0.192. The number of esters is 1. The van der Waals surface area contributed by atoms with Crippen LogP contribution in [0.5, 0.6) is 11.5 Å². The van der Waals surface area contributed by atoms with Gasteiger partial charge in [0.2, 0.25) is 6.79 Å². The van der Waals surface area contributed by atoms with Gasteiger partial charge in [0, 0.05) is 4.88 Å². The first kappa shape index (κ1) is 18.8. The Morgan fingerprint density at radius 3 is 2.90 bits per heavy atom. The summed E-state index contributed by atoms with van der Waals surface area (Å²) < 4.78 is 17.9. The van der Waals surface area contributed by atoms with Crippen molar-refractivity contribution in [1.82, 2.24) is 4.57 Å². The van der Waals surface area contributed by atoms with E-state index in [1.165, 1.54) is 29.8 Å². The highest BCUT2D eigenvalue weighted by Gasteiger charge is 2.33. The summed E-state index contributed by atoms with van der Waals surface area (Å²) >= 11 is 2.77. The van der Waals surface area contributed by atoms with Gasteiger partial charge in [-0.15, -0.1) is 11.3 Å². The zero-order chi connectivity index (χ0) is 20.8. The van der Waals surface area contributed by atoms with Crippen LogP contribution < -0.4 is 24.4 Å². The lowest BCUT2D eigenvalue weighted by Gasteiger charge is -2.22. The van der Waals surface area contributed by atoms with Crippen molar-refractivity contribution in [3.63, 3.8) is 0 Å². The standard InChI is InChI=1S/C21H16N2O5S2/c1-11-17(20(25)26-2)18(15-4-3-7-29-15)23-19(24)16(30-21(23)22-11)9-12-5-6-13-14(8-12)28-10-27-13/h3-9,18H,10H2,1-2H3/t18-/m0/s1. The van der Waals surface area contributed by atoms with Gasteiger partial charge in [-0.05, 0) is 42.1 Å². The molecule has 2 aliphatic heterocycles. The Bertz CT molecular complexity index is 1370. The van der Waals surface area contributed by atoms with E-state index in [0.717, 1.165) is 10.4 Å². The normalized spacial score (nSPS) is 17.7. The number of thiazole rings is 1. The number of carbonyl (C=O) groups is 1. The van der Waals surface area contributed by atoms with Gasteiger partial charge < -0.3 is 14.2 Å². The quantitative estimate of drug-likeness (QED) is 0.584. The number of hydrogen-bond donors (Lipinski definition) is 0. The first-order chi connectivity index (χ1) is 14.6. The Kier molecular flexibility index (Phi) is 4.56. The smallest absolute Gasteiger partial charge is 0.338 e. The van der Waals surface area contributed by atoms with Crippen LogP contribution in [0.3, 0.4) is 0 Å². The molecule has 4 heterocycles. The molecule has 0 N–H and O–H groups in total. The number of nitrogens with zero attached hydrogens (tertiary/aromatic N) is 2. The third kappa shape index (κ3) is 2.98. The van der Waals surface area contributed by atoms with Crippen molar-refractivity contribution in [2.75, 3.05) is 13.9 Å². The zero-order valence-corrected chi connectivity index (χ0v) is 17.7. The number of hydrogen-bond acceptors (Lipinski definition) is 8. The lowest BCUT2D eigenvalue weighted by atomic mass is 10.0. The molecule has 1 aromatic carbocycles. The van der Waals surface area contributed by atoms with Crippen molar-refractivity contribution in [3.8, 4) is 11.5 Å². The Morgan fingerprint density at radius 2 is 2.13 bits per heavy atom. The monoisotopic (exact) mass is 440 g/mol. The number of allylic oxidation sites excluding steroid dienone is 1. The third-order valence-corrected chi connectivity index (χ3v) is 6.84. The van der Waals surface area contributed by atoms with Gasteiger partial charge in [-0.1, -0.05) is 23.5 Å². The molecule has 0 bridgehead atoms. The average molecular weight is 441 g/mol. The van der Waals surface area contributed by atoms with Crippen molar-refractivity contribution >= 4 is 34.7 Å². The molecule has 0 fully saturated rings. The third-order valence-electron chi connectivity index (χ3n) is 4.93. The summed E-state index contributed by atoms with van der Waals surface area (Å²) in [5.41, 5.74) is 1.54. The molecule has 0 spiro atoms. The second-order valence-electron chi connectivity index (χ2n) is 6.70. The molecule has 5 rings (SSSR count). The Hall–Kier alpha value is -3.17. The van der Waals surface area contributed by atoms with Crippen LogP contribution >= 0.6 is 22.7 Å². The Balaban J connectivity index is 1.70. The van der Waals surface area contributed by atoms with Crippen molar-refractivity contribution in [2.45, 2.75) is 13.0 Å². The fourth-order valence-corrected chi connectivity index (χ4v) is 5.43. The fraction of sp³-hybridized carbons (Fsp3) is 0.190. The maximum absolute atomic E-state index is 13.4. The van der Waals surface area contributed by atoms with E-state index in [2.05, 4.69) is 4.99 Å². The van der Waals surface area contributed by atoms with E-state index in [1.54, 1.807) is 17.6 Å². The van der Waals surface area contributed by atoms with Crippen LogP contribution in [0.25, 0.3) is 6.08 Å². The molecule has 9 heteroatoms. The second kappa shape index (κ2) is 7.26. The molecule has 7 nitrogen and oxygen atoms in total. The van der Waals surface area contributed by atoms with E-state index in [0.29, 0.717) is 32.1 Å². The van der Waals surface area contributed by atoms with E-state index in [1.807, 2.05) is 35.7 Å². The molecular weight excluding hydrogens is 424 g/mol. The van der Waals surface area contributed by atoms with E-state index in [4.69, 9.17) is 14.2 Å². The molecule has 0 saturated carbocycles. The van der Waals surface area contributed by atoms with E-state index in [-0.39, 0.29) is 12.4 Å².